The van der Waals surface area contributed by atoms with Crippen LogP contribution in [0.5, 0.6) is 6.01 Å². The molecule has 33 heavy (non-hydrogen) atoms. The van der Waals surface area contributed by atoms with Gasteiger partial charge in [-0.15, -0.1) is 0 Å². The van der Waals surface area contributed by atoms with Gasteiger partial charge >= 0.3 is 12.1 Å². The Kier molecular flexibility index (Phi) is 7.36. The molecule has 0 atom stereocenters. The first-order chi connectivity index (χ1) is 15.9. The summed E-state index contributed by atoms with van der Waals surface area (Å²) in [6.07, 6.45) is 6.04. The number of amides is 1. The molecule has 2 aliphatic heterocycles. The summed E-state index contributed by atoms with van der Waals surface area (Å²) in [7, 11) is 0. The van der Waals surface area contributed by atoms with Gasteiger partial charge in [0, 0.05) is 32.4 Å². The van der Waals surface area contributed by atoms with E-state index in [0.717, 1.165) is 63.2 Å². The van der Waals surface area contributed by atoms with Crippen molar-refractivity contribution >= 4 is 11.9 Å². The Hall–Kier alpha value is -2.83. The highest BCUT2D eigenvalue weighted by molar-refractivity contribution is 5.68. The normalized spacial score (nSPS) is 18.3. The fraction of sp³-hybridized carbons (Fsp3) is 0.577. The van der Waals surface area contributed by atoms with Crippen molar-refractivity contribution in [2.75, 3.05) is 31.1 Å². The molecular formula is C26H36N4O3. The van der Waals surface area contributed by atoms with Crippen LogP contribution in [0.4, 0.5) is 10.6 Å². The van der Waals surface area contributed by atoms with Crippen LogP contribution in [0, 0.1) is 11.8 Å². The lowest BCUT2D eigenvalue weighted by molar-refractivity contribution is 0.0152. The molecule has 7 nitrogen and oxygen atoms in total. The molecule has 2 aliphatic rings. The van der Waals surface area contributed by atoms with Crippen molar-refractivity contribution in [2.45, 2.75) is 58.7 Å². The Balaban J connectivity index is 1.24. The summed E-state index contributed by atoms with van der Waals surface area (Å²) in [5.74, 6) is 2.32. The lowest BCUT2D eigenvalue weighted by Crippen LogP contribution is -2.44. The fourth-order valence-electron chi connectivity index (χ4n) is 4.78. The Labute approximate surface area is 197 Å². The maximum atomic E-state index is 12.3. The third-order valence-electron chi connectivity index (χ3n) is 6.55. The van der Waals surface area contributed by atoms with E-state index in [-0.39, 0.29) is 6.09 Å². The number of nitrogens with zero attached hydrogens (tertiary/aromatic N) is 4. The van der Waals surface area contributed by atoms with Crippen LogP contribution >= 0.6 is 0 Å². The first kappa shape index (κ1) is 23.3. The molecule has 178 valence electrons. The molecule has 0 unspecified atom stereocenters. The summed E-state index contributed by atoms with van der Waals surface area (Å²) in [4.78, 5) is 25.5. The van der Waals surface area contributed by atoms with Gasteiger partial charge in [0.15, 0.2) is 0 Å². The number of hydrogen-bond donors (Lipinski definition) is 0. The van der Waals surface area contributed by atoms with Crippen molar-refractivity contribution in [3.63, 3.8) is 0 Å². The zero-order chi connectivity index (χ0) is 23.3. The van der Waals surface area contributed by atoms with Crippen LogP contribution in [0.25, 0.3) is 0 Å². The number of carbonyl (C=O) groups excluding carboxylic acids is 1. The lowest BCUT2D eigenvalue weighted by atomic mass is 9.79. The quantitative estimate of drug-likeness (QED) is 0.642. The fourth-order valence-corrected chi connectivity index (χ4v) is 4.78. The van der Waals surface area contributed by atoms with Crippen LogP contribution in [0.1, 0.15) is 52.0 Å². The number of likely N-dealkylation sites (tertiary alicyclic amines) is 1. The number of aromatic nitrogens is 2. The summed E-state index contributed by atoms with van der Waals surface area (Å²) in [6.45, 7) is 9.80. The molecule has 2 saturated heterocycles. The van der Waals surface area contributed by atoms with E-state index in [0.29, 0.717) is 24.5 Å². The molecule has 0 radical (unpaired) electrons. The van der Waals surface area contributed by atoms with Gasteiger partial charge in [-0.2, -0.15) is 4.98 Å². The van der Waals surface area contributed by atoms with Crippen LogP contribution in [0.15, 0.2) is 42.6 Å². The van der Waals surface area contributed by atoms with E-state index >= 15 is 0 Å². The lowest BCUT2D eigenvalue weighted by Gasteiger charge is -2.40. The second kappa shape index (κ2) is 10.4. The van der Waals surface area contributed by atoms with Crippen molar-refractivity contribution < 1.29 is 14.3 Å². The molecule has 0 aliphatic carbocycles. The number of benzene rings is 1. The van der Waals surface area contributed by atoms with Gasteiger partial charge in [0.25, 0.3) is 0 Å². The molecule has 1 aromatic heterocycles. The Morgan fingerprint density at radius 3 is 2.24 bits per heavy atom. The molecule has 2 fully saturated rings. The molecule has 0 bridgehead atoms. The number of carbonyl (C=O) groups is 1. The van der Waals surface area contributed by atoms with Crippen LogP contribution in [0.3, 0.4) is 0 Å². The summed E-state index contributed by atoms with van der Waals surface area (Å²) < 4.78 is 11.3. The van der Waals surface area contributed by atoms with Gasteiger partial charge in [-0.3, -0.25) is 0 Å². The van der Waals surface area contributed by atoms with E-state index in [1.807, 2.05) is 62.1 Å². The topological polar surface area (TPSA) is 67.8 Å². The van der Waals surface area contributed by atoms with E-state index in [9.17, 15) is 4.79 Å². The van der Waals surface area contributed by atoms with E-state index in [1.165, 1.54) is 0 Å². The van der Waals surface area contributed by atoms with Crippen molar-refractivity contribution in [1.29, 1.82) is 0 Å². The van der Waals surface area contributed by atoms with Crippen LogP contribution in [-0.2, 0) is 11.3 Å². The van der Waals surface area contributed by atoms with Crippen LogP contribution < -0.4 is 9.64 Å². The summed E-state index contributed by atoms with van der Waals surface area (Å²) >= 11 is 0. The van der Waals surface area contributed by atoms with E-state index < -0.39 is 5.60 Å². The smallest absolute Gasteiger partial charge is 0.410 e. The minimum atomic E-state index is -0.436. The second-order valence-electron chi connectivity index (χ2n) is 10.1. The Morgan fingerprint density at radius 2 is 1.61 bits per heavy atom. The molecule has 1 amide bonds. The molecule has 0 saturated carbocycles. The number of hydrogen-bond acceptors (Lipinski definition) is 6. The van der Waals surface area contributed by atoms with Gasteiger partial charge in [0.2, 0.25) is 0 Å². The molecular weight excluding hydrogens is 416 g/mol. The van der Waals surface area contributed by atoms with Crippen LogP contribution in [0.2, 0.25) is 0 Å². The highest BCUT2D eigenvalue weighted by Crippen LogP contribution is 2.34. The maximum absolute atomic E-state index is 12.3. The minimum absolute atomic E-state index is 0.176. The largest absolute Gasteiger partial charge is 0.459 e. The average Bonchev–Trinajstić information content (AvgIpc) is 2.83. The first-order valence-electron chi connectivity index (χ1n) is 12.1. The van der Waals surface area contributed by atoms with E-state index in [2.05, 4.69) is 14.9 Å². The van der Waals surface area contributed by atoms with Crippen molar-refractivity contribution in [1.82, 2.24) is 14.9 Å². The molecule has 0 spiro atoms. The van der Waals surface area contributed by atoms with E-state index in [4.69, 9.17) is 9.47 Å². The summed E-state index contributed by atoms with van der Waals surface area (Å²) in [6, 6.07) is 12.5. The molecule has 4 rings (SSSR count). The predicted octanol–water partition coefficient (Wildman–Crippen LogP) is 4.92. The summed E-state index contributed by atoms with van der Waals surface area (Å²) in [5, 5.41) is 0. The van der Waals surface area contributed by atoms with E-state index in [1.54, 1.807) is 6.20 Å². The zero-order valence-electron chi connectivity index (χ0n) is 20.1. The molecule has 3 heterocycles. The van der Waals surface area contributed by atoms with Crippen molar-refractivity contribution in [2.24, 2.45) is 11.8 Å². The monoisotopic (exact) mass is 452 g/mol. The highest BCUT2D eigenvalue weighted by Gasteiger charge is 2.32. The second-order valence-corrected chi connectivity index (χ2v) is 10.1. The maximum Gasteiger partial charge on any atom is 0.410 e. The molecule has 1 aromatic carbocycles. The van der Waals surface area contributed by atoms with Crippen LogP contribution in [-0.4, -0.2) is 52.7 Å². The SMILES string of the molecule is CC(C)(C)OC(=O)N1CCC(C2CCN(c3ccnc(OCc4ccccc4)n3)CC2)CC1. The van der Waals surface area contributed by atoms with Gasteiger partial charge in [-0.25, -0.2) is 9.78 Å². The zero-order valence-corrected chi connectivity index (χ0v) is 20.1. The average molecular weight is 453 g/mol. The number of anilines is 1. The van der Waals surface area contributed by atoms with Gasteiger partial charge in [0.05, 0.1) is 0 Å². The number of rotatable bonds is 5. The van der Waals surface area contributed by atoms with Crippen molar-refractivity contribution in [3.05, 3.63) is 48.2 Å². The first-order valence-corrected chi connectivity index (χ1v) is 12.1. The minimum Gasteiger partial charge on any atom is -0.459 e. The standard InChI is InChI=1S/C26H36N4O3/c1-26(2,3)33-25(31)30-17-12-22(13-18-30)21-10-15-29(16-11-21)23-9-14-27-24(28-23)32-19-20-7-5-4-6-8-20/h4-9,14,21-22H,10-13,15-19H2,1-3H3. The third kappa shape index (κ3) is 6.59. The number of ether oxygens (including phenoxy) is 2. The third-order valence-corrected chi connectivity index (χ3v) is 6.55. The number of piperidine rings is 2. The van der Waals surface area contributed by atoms with Crippen molar-refractivity contribution in [3.8, 4) is 6.01 Å². The predicted molar refractivity (Wildman–Crippen MR) is 128 cm³/mol. The van der Waals surface area contributed by atoms with Gasteiger partial charge in [-0.05, 0) is 69.9 Å². The Morgan fingerprint density at radius 1 is 0.970 bits per heavy atom. The van der Waals surface area contributed by atoms with Gasteiger partial charge < -0.3 is 19.3 Å². The molecule has 0 N–H and O–H groups in total. The Bertz CT molecular complexity index is 899. The van der Waals surface area contributed by atoms with Gasteiger partial charge in [0.1, 0.15) is 18.0 Å². The summed E-state index contributed by atoms with van der Waals surface area (Å²) in [5.41, 5.74) is 0.666. The van der Waals surface area contributed by atoms with Gasteiger partial charge in [-0.1, -0.05) is 30.3 Å². The molecule has 2 aromatic rings. The highest BCUT2D eigenvalue weighted by atomic mass is 16.6. The molecule has 7 heteroatoms.